The molecule has 0 spiro atoms. The van der Waals surface area contributed by atoms with Gasteiger partial charge in [0.2, 0.25) is 5.65 Å². The zero-order valence-electron chi connectivity index (χ0n) is 13.1. The molecule has 0 unspecified atom stereocenters. The second-order valence-corrected chi connectivity index (χ2v) is 5.06. The average Bonchev–Trinajstić information content (AvgIpc) is 3.12. The van der Waals surface area contributed by atoms with Gasteiger partial charge in [-0.3, -0.25) is 0 Å². The number of anilines is 2. The summed E-state index contributed by atoms with van der Waals surface area (Å²) in [6, 6.07) is 13.2. The first-order valence-electron chi connectivity index (χ1n) is 7.26. The molecule has 0 amide bonds. The third-order valence-electron chi connectivity index (χ3n) is 3.67. The molecule has 2 heterocycles. The zero-order chi connectivity index (χ0) is 16.5. The molecule has 0 aliphatic rings. The Balaban J connectivity index is 1.83. The van der Waals surface area contributed by atoms with Crippen molar-refractivity contribution >= 4 is 28.2 Å². The highest BCUT2D eigenvalue weighted by atomic mass is 16.5. The SMILES string of the molecule is COc1ccc(Nc2nc3ccccc3n3nnnc23)cc1OC. The van der Waals surface area contributed by atoms with E-state index < -0.39 is 0 Å². The van der Waals surface area contributed by atoms with Gasteiger partial charge in [-0.25, -0.2) is 4.98 Å². The van der Waals surface area contributed by atoms with Gasteiger partial charge in [0.25, 0.3) is 0 Å². The zero-order valence-corrected chi connectivity index (χ0v) is 13.1. The molecule has 120 valence electrons. The number of hydrogen-bond donors (Lipinski definition) is 1. The first-order valence-corrected chi connectivity index (χ1v) is 7.26. The van der Waals surface area contributed by atoms with Crippen LogP contribution in [0.5, 0.6) is 11.5 Å². The molecule has 0 saturated heterocycles. The fourth-order valence-electron chi connectivity index (χ4n) is 2.54. The van der Waals surface area contributed by atoms with Gasteiger partial charge in [0.1, 0.15) is 0 Å². The lowest BCUT2D eigenvalue weighted by atomic mass is 10.2. The lowest BCUT2D eigenvalue weighted by molar-refractivity contribution is 0.355. The van der Waals surface area contributed by atoms with E-state index in [-0.39, 0.29) is 0 Å². The highest BCUT2D eigenvalue weighted by molar-refractivity contribution is 5.83. The van der Waals surface area contributed by atoms with Crippen LogP contribution in [0.2, 0.25) is 0 Å². The number of nitrogens with zero attached hydrogens (tertiary/aromatic N) is 5. The standard InChI is InChI=1S/C16H14N6O2/c1-23-13-8-7-10(9-14(13)24-2)17-15-16-19-20-21-22(16)12-6-4-3-5-11(12)18-15/h3-9H,1-2H3,(H,17,18). The van der Waals surface area contributed by atoms with E-state index in [1.165, 1.54) is 0 Å². The number of fused-ring (bicyclic) bond motifs is 3. The summed E-state index contributed by atoms with van der Waals surface area (Å²) in [4.78, 5) is 4.62. The van der Waals surface area contributed by atoms with Crippen LogP contribution in [0.25, 0.3) is 16.7 Å². The highest BCUT2D eigenvalue weighted by Gasteiger charge is 2.12. The molecule has 0 atom stereocenters. The molecule has 4 aromatic rings. The number of rotatable bonds is 4. The predicted octanol–water partition coefficient (Wildman–Crippen LogP) is 2.43. The Bertz CT molecular complexity index is 1030. The fourth-order valence-corrected chi connectivity index (χ4v) is 2.54. The second-order valence-electron chi connectivity index (χ2n) is 5.06. The maximum absolute atomic E-state index is 5.33. The Hall–Kier alpha value is -3.42. The minimum Gasteiger partial charge on any atom is -0.493 e. The normalized spacial score (nSPS) is 10.9. The van der Waals surface area contributed by atoms with Gasteiger partial charge in [0.05, 0.1) is 25.3 Å². The van der Waals surface area contributed by atoms with E-state index in [9.17, 15) is 0 Å². The van der Waals surface area contributed by atoms with Crippen LogP contribution < -0.4 is 14.8 Å². The Morgan fingerprint density at radius 1 is 1.00 bits per heavy atom. The van der Waals surface area contributed by atoms with Gasteiger partial charge in [-0.2, -0.15) is 4.52 Å². The molecule has 0 aliphatic carbocycles. The summed E-state index contributed by atoms with van der Waals surface area (Å²) in [7, 11) is 3.19. The van der Waals surface area contributed by atoms with Crippen molar-refractivity contribution in [1.82, 2.24) is 25.0 Å². The number of tetrazole rings is 1. The molecule has 0 saturated carbocycles. The summed E-state index contributed by atoms with van der Waals surface area (Å²) in [6.07, 6.45) is 0. The number of aromatic nitrogens is 5. The summed E-state index contributed by atoms with van der Waals surface area (Å²) >= 11 is 0. The summed E-state index contributed by atoms with van der Waals surface area (Å²) in [6.45, 7) is 0. The maximum atomic E-state index is 5.33. The molecule has 0 radical (unpaired) electrons. The molecule has 2 aromatic carbocycles. The molecule has 4 rings (SSSR count). The molecule has 8 heteroatoms. The number of hydrogen-bond acceptors (Lipinski definition) is 7. The van der Waals surface area contributed by atoms with Crippen molar-refractivity contribution in [3.63, 3.8) is 0 Å². The Morgan fingerprint density at radius 2 is 1.83 bits per heavy atom. The van der Waals surface area contributed by atoms with Gasteiger partial charge < -0.3 is 14.8 Å². The van der Waals surface area contributed by atoms with Crippen molar-refractivity contribution < 1.29 is 9.47 Å². The minimum atomic E-state index is 0.545. The number of benzene rings is 2. The first kappa shape index (κ1) is 14.2. The molecule has 0 aliphatic heterocycles. The van der Waals surface area contributed by atoms with Crippen molar-refractivity contribution in [3.05, 3.63) is 42.5 Å². The van der Waals surface area contributed by atoms with E-state index in [4.69, 9.17) is 9.47 Å². The first-order chi connectivity index (χ1) is 11.8. The predicted molar refractivity (Wildman–Crippen MR) is 88.9 cm³/mol. The second kappa shape index (κ2) is 5.65. The van der Waals surface area contributed by atoms with Crippen LogP contribution in [0, 0.1) is 0 Å². The Kier molecular flexibility index (Phi) is 3.34. The average molecular weight is 322 g/mol. The number of ether oxygens (including phenoxy) is 2. The van der Waals surface area contributed by atoms with Crippen molar-refractivity contribution in [1.29, 1.82) is 0 Å². The van der Waals surface area contributed by atoms with Gasteiger partial charge in [0, 0.05) is 11.8 Å². The molecule has 0 fully saturated rings. The van der Waals surface area contributed by atoms with Gasteiger partial charge in [-0.15, -0.1) is 5.10 Å². The quantitative estimate of drug-likeness (QED) is 0.617. The van der Waals surface area contributed by atoms with Crippen molar-refractivity contribution in [3.8, 4) is 11.5 Å². The van der Waals surface area contributed by atoms with Gasteiger partial charge in [0.15, 0.2) is 17.3 Å². The lowest BCUT2D eigenvalue weighted by Gasteiger charge is -2.11. The van der Waals surface area contributed by atoms with Crippen LogP contribution in [0.4, 0.5) is 11.5 Å². The molecular formula is C16H14N6O2. The lowest BCUT2D eigenvalue weighted by Crippen LogP contribution is -2.01. The smallest absolute Gasteiger partial charge is 0.222 e. The molecule has 8 nitrogen and oxygen atoms in total. The minimum absolute atomic E-state index is 0.545. The van der Waals surface area contributed by atoms with E-state index >= 15 is 0 Å². The fraction of sp³-hybridized carbons (Fsp3) is 0.125. The maximum Gasteiger partial charge on any atom is 0.222 e. The van der Waals surface area contributed by atoms with Crippen LogP contribution in [0.1, 0.15) is 0 Å². The molecule has 2 aromatic heterocycles. The number of para-hydroxylation sites is 2. The molecule has 0 bridgehead atoms. The van der Waals surface area contributed by atoms with Crippen molar-refractivity contribution in [2.75, 3.05) is 19.5 Å². The van der Waals surface area contributed by atoms with Crippen LogP contribution in [-0.2, 0) is 0 Å². The van der Waals surface area contributed by atoms with Crippen LogP contribution >= 0.6 is 0 Å². The monoisotopic (exact) mass is 322 g/mol. The summed E-state index contributed by atoms with van der Waals surface area (Å²) in [5.74, 6) is 1.84. The van der Waals surface area contributed by atoms with E-state index in [2.05, 4.69) is 25.8 Å². The van der Waals surface area contributed by atoms with Crippen LogP contribution in [0.3, 0.4) is 0 Å². The van der Waals surface area contributed by atoms with E-state index in [1.807, 2.05) is 42.5 Å². The highest BCUT2D eigenvalue weighted by Crippen LogP contribution is 2.31. The summed E-state index contributed by atoms with van der Waals surface area (Å²) in [5, 5.41) is 15.1. The van der Waals surface area contributed by atoms with E-state index in [0.29, 0.717) is 23.0 Å². The van der Waals surface area contributed by atoms with Crippen molar-refractivity contribution in [2.24, 2.45) is 0 Å². The summed E-state index contributed by atoms with van der Waals surface area (Å²) < 4.78 is 12.2. The summed E-state index contributed by atoms with van der Waals surface area (Å²) in [5.41, 5.74) is 2.97. The van der Waals surface area contributed by atoms with Gasteiger partial charge in [-0.05, 0) is 34.7 Å². The van der Waals surface area contributed by atoms with Crippen LogP contribution in [-0.4, -0.2) is 39.2 Å². The largest absolute Gasteiger partial charge is 0.493 e. The topological polar surface area (TPSA) is 86.5 Å². The third kappa shape index (κ3) is 2.24. The third-order valence-corrected chi connectivity index (χ3v) is 3.67. The van der Waals surface area contributed by atoms with Gasteiger partial charge >= 0.3 is 0 Å². The Labute approximate surface area is 137 Å². The Morgan fingerprint density at radius 3 is 2.67 bits per heavy atom. The molecular weight excluding hydrogens is 308 g/mol. The molecule has 1 N–H and O–H groups in total. The van der Waals surface area contributed by atoms with E-state index in [1.54, 1.807) is 18.7 Å². The van der Waals surface area contributed by atoms with Crippen molar-refractivity contribution in [2.45, 2.75) is 0 Å². The van der Waals surface area contributed by atoms with E-state index in [0.717, 1.165) is 16.7 Å². The van der Waals surface area contributed by atoms with Gasteiger partial charge in [-0.1, -0.05) is 12.1 Å². The van der Waals surface area contributed by atoms with Crippen LogP contribution in [0.15, 0.2) is 42.5 Å². The number of nitrogens with one attached hydrogen (secondary N) is 1. The molecule has 24 heavy (non-hydrogen) atoms. The number of methoxy groups -OCH3 is 2.